The first-order valence-electron chi connectivity index (χ1n) is 6.09. The van der Waals surface area contributed by atoms with Crippen LogP contribution in [0.2, 0.25) is 0 Å². The molecule has 0 saturated carbocycles. The lowest BCUT2D eigenvalue weighted by molar-refractivity contribution is -0.384. The minimum Gasteiger partial charge on any atom is -0.345 e. The van der Waals surface area contributed by atoms with E-state index in [9.17, 15) is 14.9 Å². The van der Waals surface area contributed by atoms with Gasteiger partial charge in [-0.05, 0) is 6.07 Å². The largest absolute Gasteiger partial charge is 0.345 e. The summed E-state index contributed by atoms with van der Waals surface area (Å²) in [5, 5.41) is 17.6. The molecule has 0 radical (unpaired) electrons. The molecule has 0 aliphatic heterocycles. The van der Waals surface area contributed by atoms with Crippen LogP contribution in [0.3, 0.4) is 0 Å². The first-order valence-corrected chi connectivity index (χ1v) is 6.09. The van der Waals surface area contributed by atoms with E-state index in [2.05, 4.69) is 22.3 Å². The van der Waals surface area contributed by atoms with Crippen molar-refractivity contribution in [3.05, 3.63) is 52.3 Å². The van der Waals surface area contributed by atoms with Crippen molar-refractivity contribution in [1.82, 2.24) is 15.1 Å². The zero-order valence-corrected chi connectivity index (χ0v) is 11.2. The molecule has 0 aliphatic carbocycles. The monoisotopic (exact) mass is 284 g/mol. The number of rotatable bonds is 3. The number of carbonyl (C=O) groups excluding carboxylic acids is 1. The number of benzene rings is 1. The molecule has 0 saturated heterocycles. The van der Waals surface area contributed by atoms with Gasteiger partial charge in [0, 0.05) is 19.2 Å². The highest BCUT2D eigenvalue weighted by molar-refractivity contribution is 5.73. The molecule has 1 N–H and O–H groups in total. The fourth-order valence-corrected chi connectivity index (χ4v) is 1.65. The molecule has 106 valence electrons. The topological polar surface area (TPSA) is 90.1 Å². The molecule has 7 heteroatoms. The summed E-state index contributed by atoms with van der Waals surface area (Å²) in [6.45, 7) is 1.65. The van der Waals surface area contributed by atoms with Gasteiger partial charge in [0.2, 0.25) is 5.91 Å². The number of nitrogens with zero attached hydrogens (tertiary/aromatic N) is 3. The van der Waals surface area contributed by atoms with Crippen LogP contribution < -0.4 is 5.32 Å². The highest BCUT2D eigenvalue weighted by Crippen LogP contribution is 2.21. The van der Waals surface area contributed by atoms with Crippen LogP contribution in [-0.2, 0) is 4.79 Å². The lowest BCUT2D eigenvalue weighted by Gasteiger charge is -2.01. The molecule has 2 rings (SSSR count). The number of nitro benzene ring substituents is 1. The number of nitrogens with one attached hydrogen (secondary N) is 1. The molecule has 0 spiro atoms. The Bertz CT molecular complexity index is 740. The molecule has 1 aromatic heterocycles. The number of hydrogen-bond acceptors (Lipinski definition) is 4. The summed E-state index contributed by atoms with van der Waals surface area (Å²) in [5.74, 6) is 5.43. The van der Waals surface area contributed by atoms with Crippen molar-refractivity contribution in [2.24, 2.45) is 0 Å². The standard InChI is InChI=1S/C14H12N4O3/c1-11(19)15-8-4-5-12-9-16-17(10-12)13-6-2-3-7-14(13)18(20)21/h2-3,6-7,9-10H,8H2,1H3,(H,15,19). The van der Waals surface area contributed by atoms with E-state index in [1.165, 1.54) is 23.9 Å². The number of amides is 1. The van der Waals surface area contributed by atoms with Crippen molar-refractivity contribution < 1.29 is 9.72 Å². The molecule has 0 fully saturated rings. The smallest absolute Gasteiger partial charge is 0.294 e. The number of nitro groups is 1. The average Bonchev–Trinajstić information content (AvgIpc) is 2.92. The Morgan fingerprint density at radius 1 is 1.48 bits per heavy atom. The van der Waals surface area contributed by atoms with Crippen molar-refractivity contribution in [2.75, 3.05) is 6.54 Å². The van der Waals surface area contributed by atoms with Crippen molar-refractivity contribution in [3.63, 3.8) is 0 Å². The summed E-state index contributed by atoms with van der Waals surface area (Å²) in [6, 6.07) is 6.32. The molecule has 0 unspecified atom stereocenters. The highest BCUT2D eigenvalue weighted by atomic mass is 16.6. The predicted molar refractivity (Wildman–Crippen MR) is 75.8 cm³/mol. The second-order valence-electron chi connectivity index (χ2n) is 4.13. The van der Waals surface area contributed by atoms with E-state index in [1.54, 1.807) is 24.4 Å². The summed E-state index contributed by atoms with van der Waals surface area (Å²) < 4.78 is 1.40. The number of para-hydroxylation sites is 2. The Morgan fingerprint density at radius 3 is 2.95 bits per heavy atom. The van der Waals surface area contributed by atoms with Gasteiger partial charge in [0.05, 0.1) is 23.2 Å². The van der Waals surface area contributed by atoms with E-state index in [0.717, 1.165) is 0 Å². The number of aromatic nitrogens is 2. The van der Waals surface area contributed by atoms with Gasteiger partial charge in [-0.3, -0.25) is 14.9 Å². The molecule has 7 nitrogen and oxygen atoms in total. The van der Waals surface area contributed by atoms with Crippen LogP contribution in [0.5, 0.6) is 0 Å². The van der Waals surface area contributed by atoms with Crippen molar-refractivity contribution >= 4 is 11.6 Å². The molecule has 0 bridgehead atoms. The maximum atomic E-state index is 11.0. The van der Waals surface area contributed by atoms with Crippen LogP contribution in [-0.4, -0.2) is 27.2 Å². The minimum atomic E-state index is -0.459. The summed E-state index contributed by atoms with van der Waals surface area (Å²) >= 11 is 0. The van der Waals surface area contributed by atoms with E-state index in [1.807, 2.05) is 0 Å². The third-order valence-electron chi connectivity index (χ3n) is 2.57. The van der Waals surface area contributed by atoms with Crippen LogP contribution in [0, 0.1) is 22.0 Å². The highest BCUT2D eigenvalue weighted by Gasteiger charge is 2.14. The Morgan fingerprint density at radius 2 is 2.24 bits per heavy atom. The maximum absolute atomic E-state index is 11.0. The predicted octanol–water partition coefficient (Wildman–Crippen LogP) is 1.27. The van der Waals surface area contributed by atoms with Gasteiger partial charge in [-0.15, -0.1) is 0 Å². The van der Waals surface area contributed by atoms with E-state index < -0.39 is 4.92 Å². The molecule has 1 amide bonds. The summed E-state index contributed by atoms with van der Waals surface area (Å²) in [6.07, 6.45) is 3.11. The van der Waals surface area contributed by atoms with Crippen molar-refractivity contribution in [1.29, 1.82) is 0 Å². The minimum absolute atomic E-state index is 0.0293. The summed E-state index contributed by atoms with van der Waals surface area (Å²) in [5.41, 5.74) is 0.953. The average molecular weight is 284 g/mol. The van der Waals surface area contributed by atoms with Crippen LogP contribution in [0.1, 0.15) is 12.5 Å². The van der Waals surface area contributed by atoms with Gasteiger partial charge in [0.25, 0.3) is 5.69 Å². The molecule has 0 atom stereocenters. The molecular formula is C14H12N4O3. The molecular weight excluding hydrogens is 272 g/mol. The zero-order valence-electron chi connectivity index (χ0n) is 11.2. The van der Waals surface area contributed by atoms with Crippen LogP contribution >= 0.6 is 0 Å². The van der Waals surface area contributed by atoms with Crippen molar-refractivity contribution in [3.8, 4) is 17.5 Å². The van der Waals surface area contributed by atoms with Gasteiger partial charge >= 0.3 is 0 Å². The van der Waals surface area contributed by atoms with Gasteiger partial charge in [-0.2, -0.15) is 5.10 Å². The third-order valence-corrected chi connectivity index (χ3v) is 2.57. The SMILES string of the molecule is CC(=O)NCC#Cc1cnn(-c2ccccc2[N+](=O)[O-])c1. The van der Waals surface area contributed by atoms with Crippen LogP contribution in [0.15, 0.2) is 36.7 Å². The Balaban J connectivity index is 2.21. The summed E-state index contributed by atoms with van der Waals surface area (Å²) in [7, 11) is 0. The van der Waals surface area contributed by atoms with E-state index in [-0.39, 0.29) is 18.1 Å². The first-order chi connectivity index (χ1) is 10.1. The Labute approximate surface area is 120 Å². The second-order valence-corrected chi connectivity index (χ2v) is 4.13. The van der Waals surface area contributed by atoms with E-state index in [0.29, 0.717) is 11.3 Å². The number of hydrogen-bond donors (Lipinski definition) is 1. The lowest BCUT2D eigenvalue weighted by Crippen LogP contribution is -2.19. The maximum Gasteiger partial charge on any atom is 0.294 e. The fourth-order valence-electron chi connectivity index (χ4n) is 1.65. The van der Waals surface area contributed by atoms with Gasteiger partial charge in [-0.1, -0.05) is 24.0 Å². The van der Waals surface area contributed by atoms with Gasteiger partial charge in [0.15, 0.2) is 0 Å². The Hall–Kier alpha value is -3.14. The van der Waals surface area contributed by atoms with E-state index in [4.69, 9.17) is 0 Å². The third kappa shape index (κ3) is 3.67. The fraction of sp³-hybridized carbons (Fsp3) is 0.143. The van der Waals surface area contributed by atoms with E-state index >= 15 is 0 Å². The normalized spacial score (nSPS) is 9.57. The Kier molecular flexibility index (Phi) is 4.31. The van der Waals surface area contributed by atoms with Crippen LogP contribution in [0.4, 0.5) is 5.69 Å². The van der Waals surface area contributed by atoms with Crippen molar-refractivity contribution in [2.45, 2.75) is 6.92 Å². The first kappa shape index (κ1) is 14.3. The molecule has 0 aliphatic rings. The van der Waals surface area contributed by atoms with Gasteiger partial charge < -0.3 is 5.32 Å². The lowest BCUT2D eigenvalue weighted by atomic mass is 10.2. The van der Waals surface area contributed by atoms with Crippen LogP contribution in [0.25, 0.3) is 5.69 Å². The zero-order chi connectivity index (χ0) is 15.2. The van der Waals surface area contributed by atoms with Gasteiger partial charge in [-0.25, -0.2) is 4.68 Å². The molecule has 2 aromatic rings. The second kappa shape index (κ2) is 6.34. The quantitative estimate of drug-likeness (QED) is 0.522. The van der Waals surface area contributed by atoms with Gasteiger partial charge in [0.1, 0.15) is 5.69 Å². The molecule has 1 heterocycles. The molecule has 1 aromatic carbocycles. The number of carbonyl (C=O) groups is 1. The molecule has 21 heavy (non-hydrogen) atoms. The summed E-state index contributed by atoms with van der Waals surface area (Å²) in [4.78, 5) is 21.2.